The summed E-state index contributed by atoms with van der Waals surface area (Å²) in [6, 6.07) is 0.0455. The van der Waals surface area contributed by atoms with E-state index in [1.54, 1.807) is 0 Å². The lowest BCUT2D eigenvalue weighted by atomic mass is 10.0. The van der Waals surface area contributed by atoms with E-state index in [9.17, 15) is 4.79 Å². The number of hydrogen-bond donors (Lipinski definition) is 1. The molecule has 4 heteroatoms. The van der Waals surface area contributed by atoms with E-state index in [1.807, 2.05) is 0 Å². The summed E-state index contributed by atoms with van der Waals surface area (Å²) < 4.78 is 5.64. The third-order valence-corrected chi connectivity index (χ3v) is 4.72. The van der Waals surface area contributed by atoms with Gasteiger partial charge in [0.05, 0.1) is 18.3 Å². The maximum absolute atomic E-state index is 12.6. The first-order valence-corrected chi connectivity index (χ1v) is 8.35. The van der Waals surface area contributed by atoms with Crippen LogP contribution in [0.15, 0.2) is 0 Å². The standard InChI is InChI=1S/C16H30N2O2/c1-4-6-8-14-16(19)18(15(17-14)7-5-2)11-13-9-10-20-12(13)3/h12-15,17H,4-11H2,1-3H3. The summed E-state index contributed by atoms with van der Waals surface area (Å²) in [6.07, 6.45) is 7.03. The van der Waals surface area contributed by atoms with Gasteiger partial charge in [0.1, 0.15) is 0 Å². The van der Waals surface area contributed by atoms with Gasteiger partial charge in [-0.2, -0.15) is 0 Å². The summed E-state index contributed by atoms with van der Waals surface area (Å²) in [4.78, 5) is 14.7. The quantitative estimate of drug-likeness (QED) is 0.780. The van der Waals surface area contributed by atoms with Crippen LogP contribution in [0.25, 0.3) is 0 Å². The molecular formula is C16H30N2O2. The highest BCUT2D eigenvalue weighted by atomic mass is 16.5. The fourth-order valence-electron chi connectivity index (χ4n) is 3.36. The van der Waals surface area contributed by atoms with E-state index in [0.29, 0.717) is 17.9 Å². The zero-order chi connectivity index (χ0) is 14.5. The molecule has 2 rings (SSSR count). The van der Waals surface area contributed by atoms with Crippen molar-refractivity contribution in [1.29, 1.82) is 0 Å². The number of ether oxygens (including phenoxy) is 1. The van der Waals surface area contributed by atoms with Crippen molar-refractivity contribution >= 4 is 5.91 Å². The molecule has 4 nitrogen and oxygen atoms in total. The fraction of sp³-hybridized carbons (Fsp3) is 0.938. The van der Waals surface area contributed by atoms with Crippen molar-refractivity contribution < 1.29 is 9.53 Å². The summed E-state index contributed by atoms with van der Waals surface area (Å²) in [5, 5.41) is 3.55. The second-order valence-electron chi connectivity index (χ2n) is 6.28. The predicted octanol–water partition coefficient (Wildman–Crippen LogP) is 2.53. The van der Waals surface area contributed by atoms with Crippen LogP contribution in [0.4, 0.5) is 0 Å². The van der Waals surface area contributed by atoms with Crippen LogP contribution in [0.3, 0.4) is 0 Å². The number of amides is 1. The van der Waals surface area contributed by atoms with Crippen molar-refractivity contribution in [3.63, 3.8) is 0 Å². The summed E-state index contributed by atoms with van der Waals surface area (Å²) in [5.41, 5.74) is 0. The molecule has 2 heterocycles. The van der Waals surface area contributed by atoms with Gasteiger partial charge in [-0.25, -0.2) is 0 Å². The third-order valence-electron chi connectivity index (χ3n) is 4.72. The van der Waals surface area contributed by atoms with Gasteiger partial charge < -0.3 is 9.64 Å². The summed E-state index contributed by atoms with van der Waals surface area (Å²) in [6.45, 7) is 8.21. The Morgan fingerprint density at radius 1 is 1.30 bits per heavy atom. The van der Waals surface area contributed by atoms with E-state index < -0.39 is 0 Å². The molecule has 0 bridgehead atoms. The molecule has 20 heavy (non-hydrogen) atoms. The molecule has 0 aromatic heterocycles. The average Bonchev–Trinajstić information content (AvgIpc) is 2.96. The zero-order valence-electron chi connectivity index (χ0n) is 13.2. The Kier molecular flexibility index (Phi) is 5.85. The van der Waals surface area contributed by atoms with E-state index in [4.69, 9.17) is 4.74 Å². The number of carbonyl (C=O) groups excluding carboxylic acids is 1. The molecule has 4 unspecified atom stereocenters. The Bertz CT molecular complexity index is 322. The smallest absolute Gasteiger partial charge is 0.241 e. The van der Waals surface area contributed by atoms with Crippen LogP contribution in [0, 0.1) is 5.92 Å². The molecule has 0 aromatic carbocycles. The monoisotopic (exact) mass is 282 g/mol. The Labute approximate surface area is 123 Å². The van der Waals surface area contributed by atoms with E-state index in [2.05, 4.69) is 31.0 Å². The molecular weight excluding hydrogens is 252 g/mol. The lowest BCUT2D eigenvalue weighted by Crippen LogP contribution is -2.41. The maximum atomic E-state index is 12.6. The zero-order valence-corrected chi connectivity index (χ0v) is 13.2. The fourth-order valence-corrected chi connectivity index (χ4v) is 3.36. The SMILES string of the molecule is CCCCC1NC(CCC)N(CC2CCOC2C)C1=O. The van der Waals surface area contributed by atoms with Crippen molar-refractivity contribution in [2.24, 2.45) is 5.92 Å². The van der Waals surface area contributed by atoms with Crippen LogP contribution in [-0.2, 0) is 9.53 Å². The maximum Gasteiger partial charge on any atom is 0.241 e. The summed E-state index contributed by atoms with van der Waals surface area (Å²) in [7, 11) is 0. The van der Waals surface area contributed by atoms with Crippen molar-refractivity contribution in [3.8, 4) is 0 Å². The molecule has 0 saturated carbocycles. The average molecular weight is 282 g/mol. The van der Waals surface area contributed by atoms with Crippen molar-refractivity contribution in [2.45, 2.75) is 77.6 Å². The molecule has 0 spiro atoms. The van der Waals surface area contributed by atoms with Crippen LogP contribution >= 0.6 is 0 Å². The van der Waals surface area contributed by atoms with Gasteiger partial charge in [-0.15, -0.1) is 0 Å². The Morgan fingerprint density at radius 3 is 2.70 bits per heavy atom. The number of nitrogens with zero attached hydrogens (tertiary/aromatic N) is 1. The minimum absolute atomic E-state index is 0.0455. The molecule has 0 aromatic rings. The molecule has 4 atom stereocenters. The predicted molar refractivity (Wildman–Crippen MR) is 80.4 cm³/mol. The van der Waals surface area contributed by atoms with Crippen molar-refractivity contribution in [2.75, 3.05) is 13.2 Å². The molecule has 116 valence electrons. The second kappa shape index (κ2) is 7.41. The van der Waals surface area contributed by atoms with Gasteiger partial charge in [0.25, 0.3) is 0 Å². The third kappa shape index (κ3) is 3.53. The van der Waals surface area contributed by atoms with E-state index in [-0.39, 0.29) is 12.2 Å². The number of rotatable bonds is 7. The van der Waals surface area contributed by atoms with E-state index >= 15 is 0 Å². The topological polar surface area (TPSA) is 41.6 Å². The lowest BCUT2D eigenvalue weighted by Gasteiger charge is -2.28. The summed E-state index contributed by atoms with van der Waals surface area (Å²) in [5.74, 6) is 0.820. The van der Waals surface area contributed by atoms with Crippen LogP contribution in [0.2, 0.25) is 0 Å². The van der Waals surface area contributed by atoms with Crippen LogP contribution in [-0.4, -0.2) is 42.3 Å². The first-order chi connectivity index (χ1) is 9.67. The lowest BCUT2D eigenvalue weighted by molar-refractivity contribution is -0.131. The summed E-state index contributed by atoms with van der Waals surface area (Å²) >= 11 is 0. The van der Waals surface area contributed by atoms with E-state index in [0.717, 1.165) is 51.7 Å². The van der Waals surface area contributed by atoms with Gasteiger partial charge in [-0.05, 0) is 26.2 Å². The van der Waals surface area contributed by atoms with Gasteiger partial charge in [-0.1, -0.05) is 33.1 Å². The second-order valence-corrected chi connectivity index (χ2v) is 6.28. The van der Waals surface area contributed by atoms with Crippen molar-refractivity contribution in [3.05, 3.63) is 0 Å². The largest absolute Gasteiger partial charge is 0.378 e. The molecule has 2 aliphatic heterocycles. The van der Waals surface area contributed by atoms with Gasteiger partial charge >= 0.3 is 0 Å². The molecule has 0 radical (unpaired) electrons. The van der Waals surface area contributed by atoms with Crippen LogP contribution in [0.5, 0.6) is 0 Å². The highest BCUT2D eigenvalue weighted by Gasteiger charge is 2.40. The van der Waals surface area contributed by atoms with E-state index in [1.165, 1.54) is 0 Å². The Hall–Kier alpha value is -0.610. The number of unbranched alkanes of at least 4 members (excludes halogenated alkanes) is 1. The number of hydrogen-bond acceptors (Lipinski definition) is 3. The molecule has 1 amide bonds. The van der Waals surface area contributed by atoms with Crippen LogP contribution < -0.4 is 5.32 Å². The number of carbonyl (C=O) groups is 1. The van der Waals surface area contributed by atoms with Gasteiger partial charge in [0.2, 0.25) is 5.91 Å². The number of nitrogens with one attached hydrogen (secondary N) is 1. The van der Waals surface area contributed by atoms with Crippen molar-refractivity contribution in [1.82, 2.24) is 10.2 Å². The molecule has 2 aliphatic rings. The molecule has 2 fully saturated rings. The van der Waals surface area contributed by atoms with Crippen LogP contribution in [0.1, 0.15) is 59.3 Å². The first kappa shape index (κ1) is 15.8. The minimum Gasteiger partial charge on any atom is -0.378 e. The van der Waals surface area contributed by atoms with Gasteiger partial charge in [-0.3, -0.25) is 10.1 Å². The first-order valence-electron chi connectivity index (χ1n) is 8.35. The van der Waals surface area contributed by atoms with Gasteiger partial charge in [0, 0.05) is 19.1 Å². The highest BCUT2D eigenvalue weighted by molar-refractivity contribution is 5.84. The highest BCUT2D eigenvalue weighted by Crippen LogP contribution is 2.26. The van der Waals surface area contributed by atoms with Gasteiger partial charge in [0.15, 0.2) is 0 Å². The normalized spacial score (nSPS) is 34.1. The minimum atomic E-state index is 0.0455. The Balaban J connectivity index is 1.97. The molecule has 0 aliphatic carbocycles. The Morgan fingerprint density at radius 2 is 2.10 bits per heavy atom. The molecule has 2 saturated heterocycles. The molecule has 1 N–H and O–H groups in total.